The molecule has 0 bridgehead atoms. The van der Waals surface area contributed by atoms with E-state index >= 15 is 0 Å². The fourth-order valence-corrected chi connectivity index (χ4v) is 3.16. The minimum Gasteiger partial charge on any atom is -0.496 e. The quantitative estimate of drug-likeness (QED) is 0.572. The van der Waals surface area contributed by atoms with Crippen LogP contribution in [0.1, 0.15) is 21.5 Å². The second-order valence-corrected chi connectivity index (χ2v) is 6.00. The molecular weight excluding hydrogens is 296 g/mol. The van der Waals surface area contributed by atoms with Crippen LogP contribution in [-0.4, -0.2) is 23.4 Å². The number of aryl methyl sites for hydroxylation is 1. The summed E-state index contributed by atoms with van der Waals surface area (Å²) in [5, 5.41) is 0.860. The fraction of sp³-hybridized carbons (Fsp3) is 0.176. The summed E-state index contributed by atoms with van der Waals surface area (Å²) in [4.78, 5) is 18.8. The Morgan fingerprint density at radius 2 is 2.14 bits per heavy atom. The number of methoxy groups -OCH3 is 1. The Bertz CT molecular complexity index is 827. The maximum atomic E-state index is 10.9. The van der Waals surface area contributed by atoms with Crippen molar-refractivity contribution in [2.75, 3.05) is 7.11 Å². The van der Waals surface area contributed by atoms with E-state index in [1.54, 1.807) is 24.9 Å². The molecule has 2 aromatic carbocycles. The third-order valence-corrected chi connectivity index (χ3v) is 4.34. The zero-order valence-electron chi connectivity index (χ0n) is 12.4. The lowest BCUT2D eigenvalue weighted by atomic mass is 10.1. The molecule has 0 atom stereocenters. The van der Waals surface area contributed by atoms with Gasteiger partial charge in [-0.3, -0.25) is 4.79 Å². The van der Waals surface area contributed by atoms with Crippen LogP contribution < -0.4 is 4.74 Å². The van der Waals surface area contributed by atoms with Crippen LogP contribution in [0.4, 0.5) is 0 Å². The lowest BCUT2D eigenvalue weighted by Crippen LogP contribution is -1.93. The van der Waals surface area contributed by atoms with Crippen LogP contribution in [0.2, 0.25) is 0 Å². The summed E-state index contributed by atoms with van der Waals surface area (Å²) in [6.07, 6.45) is 0.845. The molecule has 4 nitrogen and oxygen atoms in total. The number of hydrogen-bond acceptors (Lipinski definition) is 4. The van der Waals surface area contributed by atoms with Crippen molar-refractivity contribution in [1.29, 1.82) is 0 Å². The molecule has 1 N–H and O–H groups in total. The topological polar surface area (TPSA) is 55.0 Å². The highest BCUT2D eigenvalue weighted by Crippen LogP contribution is 2.28. The first kappa shape index (κ1) is 14.7. The van der Waals surface area contributed by atoms with Crippen molar-refractivity contribution in [1.82, 2.24) is 9.97 Å². The molecule has 0 radical (unpaired) electrons. The number of aldehydes is 1. The maximum absolute atomic E-state index is 10.9. The first-order valence-corrected chi connectivity index (χ1v) is 7.89. The zero-order valence-corrected chi connectivity index (χ0v) is 13.2. The second kappa shape index (κ2) is 6.23. The minimum absolute atomic E-state index is 0.650. The highest BCUT2D eigenvalue weighted by Gasteiger charge is 2.08. The molecule has 0 fully saturated rings. The number of nitrogens with one attached hydrogen (secondary N) is 1. The van der Waals surface area contributed by atoms with Crippen LogP contribution in [0.15, 0.2) is 41.6 Å². The van der Waals surface area contributed by atoms with Gasteiger partial charge in [0.2, 0.25) is 0 Å². The third kappa shape index (κ3) is 2.99. The van der Waals surface area contributed by atoms with Crippen LogP contribution in [0.25, 0.3) is 11.0 Å². The van der Waals surface area contributed by atoms with Crippen LogP contribution in [-0.2, 0) is 5.75 Å². The smallest absolute Gasteiger partial charge is 0.166 e. The van der Waals surface area contributed by atoms with E-state index < -0.39 is 0 Å². The number of ether oxygens (including phenoxy) is 1. The van der Waals surface area contributed by atoms with Crippen molar-refractivity contribution in [2.24, 2.45) is 0 Å². The minimum atomic E-state index is 0.650. The standard InChI is InChI=1S/C17H16N2O2S/c1-11-3-5-14-15(7-11)19-17(18-14)22-10-13-8-12(9-20)4-6-16(13)21-2/h3-9H,10H2,1-2H3,(H,18,19). The Balaban J connectivity index is 1.82. The van der Waals surface area contributed by atoms with Gasteiger partial charge in [0.15, 0.2) is 5.16 Å². The third-order valence-electron chi connectivity index (χ3n) is 3.42. The Morgan fingerprint density at radius 1 is 1.27 bits per heavy atom. The monoisotopic (exact) mass is 312 g/mol. The SMILES string of the molecule is COc1ccc(C=O)cc1CSc1nc2ccc(C)cc2[nH]1. The van der Waals surface area contributed by atoms with Crippen molar-refractivity contribution in [3.05, 3.63) is 53.1 Å². The van der Waals surface area contributed by atoms with Gasteiger partial charge >= 0.3 is 0 Å². The molecule has 0 amide bonds. The van der Waals surface area contributed by atoms with E-state index in [9.17, 15) is 4.79 Å². The van der Waals surface area contributed by atoms with E-state index in [0.29, 0.717) is 11.3 Å². The van der Waals surface area contributed by atoms with Gasteiger partial charge in [0, 0.05) is 16.9 Å². The lowest BCUT2D eigenvalue weighted by Gasteiger charge is -2.07. The molecule has 5 heteroatoms. The first-order valence-electron chi connectivity index (χ1n) is 6.91. The van der Waals surface area contributed by atoms with Gasteiger partial charge in [-0.2, -0.15) is 0 Å². The van der Waals surface area contributed by atoms with Crippen LogP contribution in [0.3, 0.4) is 0 Å². The van der Waals surface area contributed by atoms with Gasteiger partial charge in [0.25, 0.3) is 0 Å². The lowest BCUT2D eigenvalue weighted by molar-refractivity contribution is 0.112. The fourth-order valence-electron chi connectivity index (χ4n) is 2.30. The van der Waals surface area contributed by atoms with E-state index in [-0.39, 0.29) is 0 Å². The van der Waals surface area contributed by atoms with Gasteiger partial charge in [-0.1, -0.05) is 17.8 Å². The van der Waals surface area contributed by atoms with Crippen molar-refractivity contribution < 1.29 is 9.53 Å². The predicted molar refractivity (Wildman–Crippen MR) is 88.8 cm³/mol. The van der Waals surface area contributed by atoms with E-state index in [4.69, 9.17) is 4.74 Å². The molecule has 0 unspecified atom stereocenters. The number of carbonyl (C=O) groups is 1. The number of aromatic amines is 1. The van der Waals surface area contributed by atoms with Gasteiger partial charge in [0.1, 0.15) is 12.0 Å². The van der Waals surface area contributed by atoms with Crippen LogP contribution >= 0.6 is 11.8 Å². The number of imidazole rings is 1. The highest BCUT2D eigenvalue weighted by molar-refractivity contribution is 7.98. The Labute approximate surface area is 132 Å². The molecule has 3 aromatic rings. The highest BCUT2D eigenvalue weighted by atomic mass is 32.2. The number of aromatic nitrogens is 2. The molecule has 1 heterocycles. The van der Waals surface area contributed by atoms with Crippen LogP contribution in [0.5, 0.6) is 5.75 Å². The number of benzene rings is 2. The van der Waals surface area contributed by atoms with Gasteiger partial charge in [-0.15, -0.1) is 0 Å². The molecule has 0 aliphatic carbocycles. The molecule has 0 aliphatic rings. The summed E-state index contributed by atoms with van der Waals surface area (Å²) in [5.74, 6) is 1.47. The molecule has 1 aromatic heterocycles. The Kier molecular flexibility index (Phi) is 4.15. The summed E-state index contributed by atoms with van der Waals surface area (Å²) < 4.78 is 5.35. The first-order chi connectivity index (χ1) is 10.7. The number of thioether (sulfide) groups is 1. The van der Waals surface area contributed by atoms with Crippen molar-refractivity contribution in [2.45, 2.75) is 17.8 Å². The number of fused-ring (bicyclic) bond motifs is 1. The number of H-pyrrole nitrogens is 1. The average molecular weight is 312 g/mol. The molecule has 0 saturated carbocycles. The van der Waals surface area contributed by atoms with Gasteiger partial charge in [-0.05, 0) is 42.8 Å². The predicted octanol–water partition coefficient (Wildman–Crippen LogP) is 3.98. The summed E-state index contributed by atoms with van der Waals surface area (Å²) >= 11 is 1.59. The summed E-state index contributed by atoms with van der Waals surface area (Å²) in [6, 6.07) is 11.6. The van der Waals surface area contributed by atoms with E-state index in [2.05, 4.69) is 23.0 Å². The van der Waals surface area contributed by atoms with Gasteiger partial charge in [-0.25, -0.2) is 4.98 Å². The van der Waals surface area contributed by atoms with E-state index in [1.165, 1.54) is 5.56 Å². The number of nitrogens with zero attached hydrogens (tertiary/aromatic N) is 1. The second-order valence-electron chi connectivity index (χ2n) is 5.04. The molecule has 112 valence electrons. The summed E-state index contributed by atoms with van der Waals surface area (Å²) in [5.41, 5.74) is 4.83. The van der Waals surface area contributed by atoms with Crippen LogP contribution in [0, 0.1) is 6.92 Å². The molecule has 22 heavy (non-hydrogen) atoms. The van der Waals surface area contributed by atoms with Crippen molar-refractivity contribution >= 4 is 29.1 Å². The molecule has 0 aliphatic heterocycles. The summed E-state index contributed by atoms with van der Waals surface area (Å²) in [7, 11) is 1.63. The molecular formula is C17H16N2O2S. The van der Waals surface area contributed by atoms with Crippen molar-refractivity contribution in [3.8, 4) is 5.75 Å². The largest absolute Gasteiger partial charge is 0.496 e. The normalized spacial score (nSPS) is 10.8. The Hall–Kier alpha value is -2.27. The Morgan fingerprint density at radius 3 is 2.91 bits per heavy atom. The number of rotatable bonds is 5. The zero-order chi connectivity index (χ0) is 15.5. The van der Waals surface area contributed by atoms with E-state index in [0.717, 1.165) is 33.8 Å². The average Bonchev–Trinajstić information content (AvgIpc) is 2.94. The molecule has 0 saturated heterocycles. The number of hydrogen-bond donors (Lipinski definition) is 1. The maximum Gasteiger partial charge on any atom is 0.166 e. The van der Waals surface area contributed by atoms with Crippen molar-refractivity contribution in [3.63, 3.8) is 0 Å². The number of carbonyl (C=O) groups excluding carboxylic acids is 1. The van der Waals surface area contributed by atoms with E-state index in [1.807, 2.05) is 24.3 Å². The van der Waals surface area contributed by atoms with Gasteiger partial charge < -0.3 is 9.72 Å². The van der Waals surface area contributed by atoms with Gasteiger partial charge in [0.05, 0.1) is 18.1 Å². The molecule has 0 spiro atoms. The molecule has 3 rings (SSSR count). The summed E-state index contributed by atoms with van der Waals surface area (Å²) in [6.45, 7) is 2.06.